The smallest absolute Gasteiger partial charge is 0.306 e. The van der Waals surface area contributed by atoms with E-state index in [4.69, 9.17) is 14.2 Å². The SMILES string of the molecule is CC/C=C\C/C=C\C/C=C\C/C=C\C/C=C\CCCCCCCCCCCCCCCC(=O)OCC(COC(=O)CCCCCCC/C=C\CCCCC)OC(=O)CCCCCCCCCCCCCCCCCCCCCCCCCC. The van der Waals surface area contributed by atoms with Crippen LogP contribution in [0.3, 0.4) is 0 Å². The predicted molar refractivity (Wildman–Crippen MR) is 362 cm³/mol. The molecule has 6 nitrogen and oxygen atoms in total. The molecule has 83 heavy (non-hydrogen) atoms. The fraction of sp³-hybridized carbons (Fsp3) is 0.805. The second-order valence-electron chi connectivity index (χ2n) is 24.5. The fourth-order valence-electron chi connectivity index (χ4n) is 10.8. The van der Waals surface area contributed by atoms with E-state index < -0.39 is 6.10 Å². The van der Waals surface area contributed by atoms with Crippen molar-refractivity contribution in [3.05, 3.63) is 72.9 Å². The van der Waals surface area contributed by atoms with Crippen molar-refractivity contribution in [3.63, 3.8) is 0 Å². The van der Waals surface area contributed by atoms with Gasteiger partial charge < -0.3 is 14.2 Å². The lowest BCUT2D eigenvalue weighted by Gasteiger charge is -2.18. The first-order valence-corrected chi connectivity index (χ1v) is 36.4. The molecule has 0 N–H and O–H groups in total. The normalized spacial score (nSPS) is 12.5. The zero-order chi connectivity index (χ0) is 59.9. The van der Waals surface area contributed by atoms with Crippen molar-refractivity contribution in [1.29, 1.82) is 0 Å². The topological polar surface area (TPSA) is 78.9 Å². The summed E-state index contributed by atoms with van der Waals surface area (Å²) in [6.45, 7) is 6.56. The fourth-order valence-corrected chi connectivity index (χ4v) is 10.8. The monoisotopic (exact) mass is 1160 g/mol. The predicted octanol–water partition coefficient (Wildman–Crippen LogP) is 25.2. The Morgan fingerprint density at radius 3 is 0.771 bits per heavy atom. The summed E-state index contributed by atoms with van der Waals surface area (Å²) in [4.78, 5) is 38.4. The molecule has 0 aliphatic rings. The Morgan fingerprint density at radius 2 is 0.470 bits per heavy atom. The third-order valence-electron chi connectivity index (χ3n) is 16.2. The van der Waals surface area contributed by atoms with E-state index in [1.54, 1.807) is 0 Å². The van der Waals surface area contributed by atoms with Crippen LogP contribution in [-0.4, -0.2) is 37.2 Å². The van der Waals surface area contributed by atoms with Gasteiger partial charge in [0.25, 0.3) is 0 Å². The van der Waals surface area contributed by atoms with Crippen molar-refractivity contribution in [3.8, 4) is 0 Å². The van der Waals surface area contributed by atoms with Crippen molar-refractivity contribution in [2.45, 2.75) is 386 Å². The molecule has 1 atom stereocenters. The highest BCUT2D eigenvalue weighted by molar-refractivity contribution is 5.71. The van der Waals surface area contributed by atoms with E-state index in [0.29, 0.717) is 19.3 Å². The summed E-state index contributed by atoms with van der Waals surface area (Å²) in [6, 6.07) is 0. The maximum absolute atomic E-state index is 13.0. The van der Waals surface area contributed by atoms with Gasteiger partial charge in [-0.1, -0.05) is 344 Å². The molecule has 0 aromatic rings. The molecule has 0 aliphatic carbocycles. The Morgan fingerprint density at radius 1 is 0.253 bits per heavy atom. The zero-order valence-electron chi connectivity index (χ0n) is 55.5. The summed E-state index contributed by atoms with van der Waals surface area (Å²) in [5.74, 6) is -0.860. The number of carbonyl (C=O) groups is 3. The molecule has 0 aliphatic heterocycles. The number of carbonyl (C=O) groups excluding carboxylic acids is 3. The molecule has 0 aromatic carbocycles. The van der Waals surface area contributed by atoms with Crippen LogP contribution >= 0.6 is 0 Å². The minimum absolute atomic E-state index is 0.0740. The molecule has 6 heteroatoms. The van der Waals surface area contributed by atoms with Gasteiger partial charge in [0.15, 0.2) is 6.10 Å². The number of unbranched alkanes of at least 4 members (excludes halogenated alkanes) is 44. The molecule has 0 saturated carbocycles. The van der Waals surface area contributed by atoms with E-state index in [0.717, 1.165) is 96.3 Å². The van der Waals surface area contributed by atoms with Gasteiger partial charge in [0.05, 0.1) is 0 Å². The van der Waals surface area contributed by atoms with Crippen LogP contribution in [0.5, 0.6) is 0 Å². The van der Waals surface area contributed by atoms with Gasteiger partial charge in [0, 0.05) is 19.3 Å². The summed E-state index contributed by atoms with van der Waals surface area (Å²) in [7, 11) is 0. The molecular formula is C77H138O6. The Bertz CT molecular complexity index is 1520. The lowest BCUT2D eigenvalue weighted by Crippen LogP contribution is -2.30. The number of allylic oxidation sites excluding steroid dienone is 12. The average molecular weight is 1160 g/mol. The Hall–Kier alpha value is -3.15. The molecule has 0 radical (unpaired) electrons. The minimum Gasteiger partial charge on any atom is -0.462 e. The van der Waals surface area contributed by atoms with Gasteiger partial charge >= 0.3 is 17.9 Å². The van der Waals surface area contributed by atoms with Crippen molar-refractivity contribution in [2.75, 3.05) is 13.2 Å². The Balaban J connectivity index is 4.20. The van der Waals surface area contributed by atoms with Crippen LogP contribution < -0.4 is 0 Å². The van der Waals surface area contributed by atoms with Gasteiger partial charge in [-0.2, -0.15) is 0 Å². The van der Waals surface area contributed by atoms with E-state index in [2.05, 4.69) is 93.7 Å². The molecule has 0 heterocycles. The molecule has 0 aromatic heterocycles. The van der Waals surface area contributed by atoms with Crippen LogP contribution in [0.2, 0.25) is 0 Å². The first kappa shape index (κ1) is 79.8. The highest BCUT2D eigenvalue weighted by Crippen LogP contribution is 2.18. The van der Waals surface area contributed by atoms with Gasteiger partial charge in [0.1, 0.15) is 13.2 Å². The highest BCUT2D eigenvalue weighted by atomic mass is 16.6. The number of ether oxygens (including phenoxy) is 3. The van der Waals surface area contributed by atoms with Crippen LogP contribution in [0.15, 0.2) is 72.9 Å². The Labute approximate surface area is 516 Å². The second kappa shape index (κ2) is 71.3. The number of esters is 3. The maximum atomic E-state index is 13.0. The van der Waals surface area contributed by atoms with E-state index >= 15 is 0 Å². The third-order valence-corrected chi connectivity index (χ3v) is 16.2. The van der Waals surface area contributed by atoms with E-state index in [9.17, 15) is 14.4 Å². The molecule has 0 spiro atoms. The lowest BCUT2D eigenvalue weighted by molar-refractivity contribution is -0.167. The van der Waals surface area contributed by atoms with E-state index in [-0.39, 0.29) is 31.1 Å². The van der Waals surface area contributed by atoms with Crippen LogP contribution in [0, 0.1) is 0 Å². The third kappa shape index (κ3) is 69.5. The molecule has 482 valence electrons. The molecule has 0 amide bonds. The summed E-state index contributed by atoms with van der Waals surface area (Å²) >= 11 is 0. The van der Waals surface area contributed by atoms with Crippen molar-refractivity contribution in [1.82, 2.24) is 0 Å². The lowest BCUT2D eigenvalue weighted by atomic mass is 10.0. The van der Waals surface area contributed by atoms with Gasteiger partial charge in [-0.3, -0.25) is 14.4 Å². The van der Waals surface area contributed by atoms with Crippen molar-refractivity contribution in [2.24, 2.45) is 0 Å². The van der Waals surface area contributed by atoms with E-state index in [1.807, 2.05) is 0 Å². The number of hydrogen-bond acceptors (Lipinski definition) is 6. The summed E-state index contributed by atoms with van der Waals surface area (Å²) in [5.41, 5.74) is 0. The highest BCUT2D eigenvalue weighted by Gasteiger charge is 2.19. The quantitative estimate of drug-likeness (QED) is 0.0261. The van der Waals surface area contributed by atoms with Gasteiger partial charge in [-0.25, -0.2) is 0 Å². The first-order valence-electron chi connectivity index (χ1n) is 36.4. The van der Waals surface area contributed by atoms with E-state index in [1.165, 1.54) is 244 Å². The number of rotatable bonds is 67. The largest absolute Gasteiger partial charge is 0.462 e. The molecule has 0 rings (SSSR count). The molecular weight excluding hydrogens is 1020 g/mol. The van der Waals surface area contributed by atoms with Crippen molar-refractivity contribution < 1.29 is 28.6 Å². The van der Waals surface area contributed by atoms with Gasteiger partial charge in [-0.15, -0.1) is 0 Å². The second-order valence-corrected chi connectivity index (χ2v) is 24.5. The average Bonchev–Trinajstić information content (AvgIpc) is 3.49. The van der Waals surface area contributed by atoms with Crippen LogP contribution in [0.25, 0.3) is 0 Å². The molecule has 0 saturated heterocycles. The van der Waals surface area contributed by atoms with Crippen LogP contribution in [0.1, 0.15) is 380 Å². The summed E-state index contributed by atoms with van der Waals surface area (Å²) in [6.07, 6.45) is 93.7. The molecule has 1 unspecified atom stereocenters. The standard InChI is InChI=1S/C77H138O6/c1-4-7-10-13-16-19-22-25-27-29-31-33-35-37-38-39-40-41-43-44-46-48-50-52-55-58-61-64-67-70-76(79)82-73-74(72-81-75(78)69-66-63-60-57-54-24-21-18-15-12-9-6-3)83-77(80)71-68-65-62-59-56-53-51-49-47-45-42-36-34-32-30-28-26-23-20-17-14-11-8-5-2/h7,10,16,18-19,21,25,27,31,33,37-38,74H,4-6,8-9,11-15,17,20,22-24,26,28-30,32,34-36,39-73H2,1-3H3/b10-7-,19-16-,21-18-,27-25-,33-31-,38-37-. The molecule has 0 fully saturated rings. The minimum atomic E-state index is -0.778. The van der Waals surface area contributed by atoms with Gasteiger partial charge in [-0.05, 0) is 89.9 Å². The number of hydrogen-bond donors (Lipinski definition) is 0. The van der Waals surface area contributed by atoms with Crippen LogP contribution in [-0.2, 0) is 28.6 Å². The summed E-state index contributed by atoms with van der Waals surface area (Å²) < 4.78 is 17.0. The van der Waals surface area contributed by atoms with Gasteiger partial charge in [0.2, 0.25) is 0 Å². The first-order chi connectivity index (χ1) is 41.0. The Kier molecular flexibility index (Phi) is 68.6. The zero-order valence-corrected chi connectivity index (χ0v) is 55.5. The maximum Gasteiger partial charge on any atom is 0.306 e. The van der Waals surface area contributed by atoms with Crippen LogP contribution in [0.4, 0.5) is 0 Å². The summed E-state index contributed by atoms with van der Waals surface area (Å²) in [5, 5.41) is 0. The van der Waals surface area contributed by atoms with Crippen molar-refractivity contribution >= 4 is 17.9 Å². The molecule has 0 bridgehead atoms.